The van der Waals surface area contributed by atoms with Crippen molar-refractivity contribution in [2.45, 2.75) is 33.2 Å². The van der Waals surface area contributed by atoms with Gasteiger partial charge in [-0.15, -0.1) is 0 Å². The smallest absolute Gasteiger partial charge is 0.238 e. The number of carbonyl (C=O) groups excluding carboxylic acids is 2. The van der Waals surface area contributed by atoms with E-state index >= 15 is 0 Å². The molecular formula is C22H28N4O2. The van der Waals surface area contributed by atoms with Crippen LogP contribution in [0, 0.1) is 19.8 Å². The number of rotatable bonds is 6. The highest BCUT2D eigenvalue weighted by molar-refractivity contribution is 5.92. The van der Waals surface area contributed by atoms with Crippen LogP contribution in [-0.2, 0) is 16.1 Å². The Hall–Kier alpha value is -2.73. The van der Waals surface area contributed by atoms with Crippen molar-refractivity contribution in [3.8, 4) is 0 Å². The number of nitrogens with zero attached hydrogens (tertiary/aromatic N) is 2. The van der Waals surface area contributed by atoms with Crippen molar-refractivity contribution in [2.24, 2.45) is 5.92 Å². The van der Waals surface area contributed by atoms with Crippen molar-refractivity contribution in [3.63, 3.8) is 0 Å². The average molecular weight is 380 g/mol. The molecule has 0 saturated carbocycles. The van der Waals surface area contributed by atoms with E-state index in [-0.39, 0.29) is 17.7 Å². The zero-order valence-electron chi connectivity index (χ0n) is 16.6. The Morgan fingerprint density at radius 3 is 2.57 bits per heavy atom. The molecule has 2 amide bonds. The topological polar surface area (TPSA) is 74.3 Å². The zero-order chi connectivity index (χ0) is 19.9. The van der Waals surface area contributed by atoms with E-state index in [2.05, 4.69) is 27.4 Å². The summed E-state index contributed by atoms with van der Waals surface area (Å²) in [5.74, 6) is 0.0639. The van der Waals surface area contributed by atoms with Crippen LogP contribution in [0.5, 0.6) is 0 Å². The Morgan fingerprint density at radius 1 is 1.11 bits per heavy atom. The van der Waals surface area contributed by atoms with E-state index in [0.717, 1.165) is 42.9 Å². The van der Waals surface area contributed by atoms with Gasteiger partial charge in [-0.2, -0.15) is 0 Å². The fourth-order valence-corrected chi connectivity index (χ4v) is 3.40. The molecule has 148 valence electrons. The lowest BCUT2D eigenvalue weighted by Crippen LogP contribution is -2.43. The summed E-state index contributed by atoms with van der Waals surface area (Å²) in [6.45, 7) is 6.41. The summed E-state index contributed by atoms with van der Waals surface area (Å²) in [6, 6.07) is 11.6. The summed E-state index contributed by atoms with van der Waals surface area (Å²) in [5.41, 5.74) is 4.06. The van der Waals surface area contributed by atoms with Crippen LogP contribution < -0.4 is 10.6 Å². The lowest BCUT2D eigenvalue weighted by molar-refractivity contribution is -0.126. The first kappa shape index (κ1) is 20.0. The van der Waals surface area contributed by atoms with Gasteiger partial charge in [-0.1, -0.05) is 12.1 Å². The number of amides is 2. The molecule has 1 aromatic carbocycles. The lowest BCUT2D eigenvalue weighted by Gasteiger charge is -2.30. The quantitative estimate of drug-likeness (QED) is 0.808. The van der Waals surface area contributed by atoms with E-state index in [1.165, 1.54) is 5.56 Å². The minimum Gasteiger partial charge on any atom is -0.350 e. The molecule has 0 unspecified atom stereocenters. The molecule has 1 aliphatic heterocycles. The largest absolute Gasteiger partial charge is 0.350 e. The van der Waals surface area contributed by atoms with Crippen LogP contribution >= 0.6 is 0 Å². The highest BCUT2D eigenvalue weighted by Gasteiger charge is 2.25. The van der Waals surface area contributed by atoms with Gasteiger partial charge in [0.15, 0.2) is 0 Å². The third-order valence-corrected chi connectivity index (χ3v) is 5.29. The van der Waals surface area contributed by atoms with Crippen molar-refractivity contribution in [1.82, 2.24) is 15.2 Å². The molecule has 0 aliphatic carbocycles. The van der Waals surface area contributed by atoms with Gasteiger partial charge in [-0.05, 0) is 75.2 Å². The highest BCUT2D eigenvalue weighted by Crippen LogP contribution is 2.18. The van der Waals surface area contributed by atoms with Gasteiger partial charge in [0.2, 0.25) is 11.8 Å². The molecular weight excluding hydrogens is 352 g/mol. The maximum atomic E-state index is 12.4. The second-order valence-electron chi connectivity index (χ2n) is 7.44. The number of nitrogens with one attached hydrogen (secondary N) is 2. The number of hydrogen-bond donors (Lipinski definition) is 2. The first-order valence-corrected chi connectivity index (χ1v) is 9.78. The molecule has 2 heterocycles. The molecule has 2 aromatic rings. The van der Waals surface area contributed by atoms with E-state index < -0.39 is 0 Å². The molecule has 0 bridgehead atoms. The van der Waals surface area contributed by atoms with Gasteiger partial charge in [0.1, 0.15) is 0 Å². The highest BCUT2D eigenvalue weighted by atomic mass is 16.2. The van der Waals surface area contributed by atoms with Crippen LogP contribution in [0.2, 0.25) is 0 Å². The second kappa shape index (κ2) is 9.46. The van der Waals surface area contributed by atoms with Crippen molar-refractivity contribution in [2.75, 3.05) is 25.0 Å². The molecule has 6 nitrogen and oxygen atoms in total. The number of carbonyl (C=O) groups is 2. The predicted octanol–water partition coefficient (Wildman–Crippen LogP) is 2.67. The molecule has 1 fully saturated rings. The zero-order valence-corrected chi connectivity index (χ0v) is 16.6. The van der Waals surface area contributed by atoms with Crippen molar-refractivity contribution in [3.05, 3.63) is 59.4 Å². The lowest BCUT2D eigenvalue weighted by atomic mass is 9.96. The summed E-state index contributed by atoms with van der Waals surface area (Å²) in [4.78, 5) is 31.0. The second-order valence-corrected chi connectivity index (χ2v) is 7.44. The average Bonchev–Trinajstić information content (AvgIpc) is 2.70. The summed E-state index contributed by atoms with van der Waals surface area (Å²) in [6.07, 6.45) is 3.26. The SMILES string of the molecule is Cc1ccc(NC(=O)CN2CCC(C(=O)NCc3ccccn3)CC2)cc1C. The Labute approximate surface area is 166 Å². The van der Waals surface area contributed by atoms with E-state index in [0.29, 0.717) is 13.1 Å². The van der Waals surface area contributed by atoms with Gasteiger partial charge in [0.25, 0.3) is 0 Å². The van der Waals surface area contributed by atoms with Crippen LogP contribution in [0.25, 0.3) is 0 Å². The number of aromatic nitrogens is 1. The summed E-state index contributed by atoms with van der Waals surface area (Å²) < 4.78 is 0. The summed E-state index contributed by atoms with van der Waals surface area (Å²) >= 11 is 0. The first-order valence-electron chi connectivity index (χ1n) is 9.78. The molecule has 0 spiro atoms. The standard InChI is InChI=1S/C22H28N4O2/c1-16-6-7-19(13-17(16)2)25-21(27)15-26-11-8-18(9-12-26)22(28)24-14-20-5-3-4-10-23-20/h3-7,10,13,18H,8-9,11-12,14-15H2,1-2H3,(H,24,28)(H,25,27). The van der Waals surface area contributed by atoms with Crippen LogP contribution in [0.1, 0.15) is 29.7 Å². The molecule has 0 radical (unpaired) electrons. The third kappa shape index (κ3) is 5.63. The van der Waals surface area contributed by atoms with Crippen LogP contribution in [-0.4, -0.2) is 41.3 Å². The van der Waals surface area contributed by atoms with Crippen LogP contribution in [0.15, 0.2) is 42.6 Å². The molecule has 1 saturated heterocycles. The number of aryl methyl sites for hydroxylation is 2. The van der Waals surface area contributed by atoms with Crippen molar-refractivity contribution in [1.29, 1.82) is 0 Å². The molecule has 3 rings (SSSR count). The Morgan fingerprint density at radius 2 is 1.89 bits per heavy atom. The minimum atomic E-state index is -0.0127. The van der Waals surface area contributed by atoms with E-state index in [1.807, 2.05) is 43.3 Å². The first-order chi connectivity index (χ1) is 13.5. The van der Waals surface area contributed by atoms with Gasteiger partial charge in [0.05, 0.1) is 18.8 Å². The Bertz CT molecular complexity index is 815. The fraction of sp³-hybridized carbons (Fsp3) is 0.409. The van der Waals surface area contributed by atoms with Gasteiger partial charge < -0.3 is 10.6 Å². The number of benzene rings is 1. The van der Waals surface area contributed by atoms with Crippen molar-refractivity contribution >= 4 is 17.5 Å². The molecule has 1 aliphatic rings. The minimum absolute atomic E-state index is 0.00257. The molecule has 6 heteroatoms. The van der Waals surface area contributed by atoms with E-state index in [9.17, 15) is 9.59 Å². The Balaban J connectivity index is 1.40. The number of hydrogen-bond acceptors (Lipinski definition) is 4. The number of pyridine rings is 1. The van der Waals surface area contributed by atoms with Gasteiger partial charge >= 0.3 is 0 Å². The number of piperidine rings is 1. The number of anilines is 1. The summed E-state index contributed by atoms with van der Waals surface area (Å²) in [7, 11) is 0. The fourth-order valence-electron chi connectivity index (χ4n) is 3.40. The van der Waals surface area contributed by atoms with Crippen molar-refractivity contribution < 1.29 is 9.59 Å². The predicted molar refractivity (Wildman–Crippen MR) is 110 cm³/mol. The van der Waals surface area contributed by atoms with Gasteiger partial charge in [-0.3, -0.25) is 19.5 Å². The van der Waals surface area contributed by atoms with Crippen LogP contribution in [0.3, 0.4) is 0 Å². The molecule has 2 N–H and O–H groups in total. The van der Waals surface area contributed by atoms with Gasteiger partial charge in [0, 0.05) is 17.8 Å². The Kier molecular flexibility index (Phi) is 6.76. The molecule has 28 heavy (non-hydrogen) atoms. The maximum Gasteiger partial charge on any atom is 0.238 e. The molecule has 1 aromatic heterocycles. The van der Waals surface area contributed by atoms with Gasteiger partial charge in [-0.25, -0.2) is 0 Å². The van der Waals surface area contributed by atoms with E-state index in [4.69, 9.17) is 0 Å². The van der Waals surface area contributed by atoms with E-state index in [1.54, 1.807) is 6.20 Å². The normalized spacial score (nSPS) is 15.2. The maximum absolute atomic E-state index is 12.4. The monoisotopic (exact) mass is 380 g/mol. The number of likely N-dealkylation sites (tertiary alicyclic amines) is 1. The summed E-state index contributed by atoms with van der Waals surface area (Å²) in [5, 5.41) is 5.93. The third-order valence-electron chi connectivity index (χ3n) is 5.29. The van der Waals surface area contributed by atoms with Crippen LogP contribution in [0.4, 0.5) is 5.69 Å². The molecule has 0 atom stereocenters.